The lowest BCUT2D eigenvalue weighted by molar-refractivity contribution is -0.0371. The molecule has 3 N–H and O–H groups in total. The van der Waals surface area contributed by atoms with Gasteiger partial charge in [0.1, 0.15) is 12.0 Å². The van der Waals surface area contributed by atoms with Crippen molar-refractivity contribution >= 4 is 11.6 Å². The largest absolute Gasteiger partial charge is 0.388 e. The summed E-state index contributed by atoms with van der Waals surface area (Å²) in [7, 11) is 0. The molecule has 0 heterocycles. The molecule has 1 fully saturated rings. The summed E-state index contributed by atoms with van der Waals surface area (Å²) in [6, 6.07) is 3.18. The van der Waals surface area contributed by atoms with E-state index >= 15 is 0 Å². The zero-order valence-corrected chi connectivity index (χ0v) is 10.6. The lowest BCUT2D eigenvalue weighted by Crippen LogP contribution is -2.44. The Kier molecular flexibility index (Phi) is 3.90. The van der Waals surface area contributed by atoms with E-state index in [2.05, 4.69) is 0 Å². The predicted octanol–water partition coefficient (Wildman–Crippen LogP) is 3.12. The van der Waals surface area contributed by atoms with Gasteiger partial charge in [0, 0.05) is 10.6 Å². The molecule has 1 aliphatic carbocycles. The highest BCUT2D eigenvalue weighted by atomic mass is 35.5. The molecule has 2 rings (SSSR count). The van der Waals surface area contributed by atoms with Crippen molar-refractivity contribution in [1.82, 2.24) is 0 Å². The van der Waals surface area contributed by atoms with Gasteiger partial charge in [-0.25, -0.2) is 8.78 Å². The molecular weight excluding hydrogens is 260 g/mol. The quantitative estimate of drug-likeness (QED) is 0.871. The molecule has 1 atom stereocenters. The highest BCUT2D eigenvalue weighted by Gasteiger charge is 2.40. The molecule has 0 bridgehead atoms. The summed E-state index contributed by atoms with van der Waals surface area (Å²) in [5.74, 6) is -0.498. The van der Waals surface area contributed by atoms with Gasteiger partial charge in [-0.3, -0.25) is 0 Å². The maximum Gasteiger partial charge on any atom is 0.128 e. The summed E-state index contributed by atoms with van der Waals surface area (Å²) < 4.78 is 26.8. The predicted molar refractivity (Wildman–Crippen MR) is 66.7 cm³/mol. The Bertz CT molecular complexity index is 433. The third-order valence-corrected chi connectivity index (χ3v) is 3.89. The maximum absolute atomic E-state index is 13.7. The highest BCUT2D eigenvalue weighted by molar-refractivity contribution is 6.30. The molecule has 0 saturated heterocycles. The van der Waals surface area contributed by atoms with Crippen molar-refractivity contribution in [3.05, 3.63) is 34.6 Å². The van der Waals surface area contributed by atoms with Crippen LogP contribution in [-0.2, 0) is 0 Å². The fourth-order valence-corrected chi connectivity index (χ4v) is 2.62. The molecule has 1 aliphatic rings. The van der Waals surface area contributed by atoms with Crippen molar-refractivity contribution < 1.29 is 13.9 Å². The number of nitrogens with two attached hydrogens (primary N) is 1. The van der Waals surface area contributed by atoms with Crippen LogP contribution in [0.2, 0.25) is 5.02 Å². The van der Waals surface area contributed by atoms with E-state index in [-0.39, 0.29) is 31.2 Å². The Morgan fingerprint density at radius 1 is 1.39 bits per heavy atom. The SMILES string of the molecule is NC(c1cc(Cl)ccc1F)C1(O)CCC(F)CC1. The normalized spacial score (nSPS) is 30.2. The molecule has 2 nitrogen and oxygen atoms in total. The standard InChI is InChI=1S/C13H16ClF2NO/c14-8-1-2-11(16)10(7-8)12(17)13(18)5-3-9(15)4-6-13/h1-2,7,9,12,18H,3-6,17H2. The lowest BCUT2D eigenvalue weighted by atomic mass is 9.76. The van der Waals surface area contributed by atoms with Crippen LogP contribution < -0.4 is 5.73 Å². The molecule has 0 aliphatic heterocycles. The second-order valence-electron chi connectivity index (χ2n) is 4.92. The summed E-state index contributed by atoms with van der Waals surface area (Å²) in [6.07, 6.45) is 0.0862. The van der Waals surface area contributed by atoms with Gasteiger partial charge in [-0.15, -0.1) is 0 Å². The van der Waals surface area contributed by atoms with Gasteiger partial charge >= 0.3 is 0 Å². The molecule has 1 aromatic rings. The summed E-state index contributed by atoms with van der Waals surface area (Å²) in [5, 5.41) is 10.8. The van der Waals surface area contributed by atoms with Crippen LogP contribution in [0.25, 0.3) is 0 Å². The van der Waals surface area contributed by atoms with Gasteiger partial charge in [0.05, 0.1) is 11.6 Å². The third kappa shape index (κ3) is 2.66. The molecule has 1 unspecified atom stereocenters. The number of alkyl halides is 1. The van der Waals surface area contributed by atoms with Crippen LogP contribution in [-0.4, -0.2) is 16.9 Å². The van der Waals surface area contributed by atoms with Gasteiger partial charge in [-0.2, -0.15) is 0 Å². The van der Waals surface area contributed by atoms with E-state index in [9.17, 15) is 13.9 Å². The molecule has 1 aromatic carbocycles. The smallest absolute Gasteiger partial charge is 0.128 e. The highest BCUT2D eigenvalue weighted by Crippen LogP contribution is 2.39. The van der Waals surface area contributed by atoms with Gasteiger partial charge in [0.15, 0.2) is 0 Å². The first-order chi connectivity index (χ1) is 8.42. The van der Waals surface area contributed by atoms with E-state index < -0.39 is 23.6 Å². The lowest BCUT2D eigenvalue weighted by Gasteiger charge is -2.38. The minimum atomic E-state index is -1.26. The first-order valence-electron chi connectivity index (χ1n) is 5.99. The van der Waals surface area contributed by atoms with Crippen molar-refractivity contribution in [2.24, 2.45) is 5.73 Å². The Labute approximate surface area is 110 Å². The van der Waals surface area contributed by atoms with E-state index in [0.717, 1.165) is 0 Å². The number of benzene rings is 1. The number of hydrogen-bond donors (Lipinski definition) is 2. The first kappa shape index (κ1) is 13.7. The van der Waals surface area contributed by atoms with Crippen molar-refractivity contribution in [3.8, 4) is 0 Å². The zero-order chi connectivity index (χ0) is 13.3. The van der Waals surface area contributed by atoms with E-state index in [1.807, 2.05) is 0 Å². The fourth-order valence-electron chi connectivity index (χ4n) is 2.44. The maximum atomic E-state index is 13.7. The minimum Gasteiger partial charge on any atom is -0.388 e. The van der Waals surface area contributed by atoms with E-state index in [4.69, 9.17) is 17.3 Å². The second-order valence-corrected chi connectivity index (χ2v) is 5.36. The van der Waals surface area contributed by atoms with Gasteiger partial charge < -0.3 is 10.8 Å². The van der Waals surface area contributed by atoms with E-state index in [1.165, 1.54) is 18.2 Å². The molecular formula is C13H16ClF2NO. The van der Waals surface area contributed by atoms with E-state index in [0.29, 0.717) is 5.02 Å². The molecule has 18 heavy (non-hydrogen) atoms. The minimum absolute atomic E-state index is 0.183. The molecule has 0 aromatic heterocycles. The van der Waals surface area contributed by atoms with Crippen LogP contribution in [0.5, 0.6) is 0 Å². The second kappa shape index (κ2) is 5.11. The van der Waals surface area contributed by atoms with Crippen LogP contribution in [0.3, 0.4) is 0 Å². The van der Waals surface area contributed by atoms with Crippen LogP contribution in [0.15, 0.2) is 18.2 Å². The number of hydrogen-bond acceptors (Lipinski definition) is 2. The summed E-state index contributed by atoms with van der Waals surface area (Å²) >= 11 is 5.80. The van der Waals surface area contributed by atoms with Crippen molar-refractivity contribution in [3.63, 3.8) is 0 Å². The summed E-state index contributed by atoms with van der Waals surface area (Å²) in [5.41, 5.74) is 4.87. The van der Waals surface area contributed by atoms with Crippen molar-refractivity contribution in [2.45, 2.75) is 43.5 Å². The van der Waals surface area contributed by atoms with Crippen LogP contribution in [0.4, 0.5) is 8.78 Å². The van der Waals surface area contributed by atoms with Gasteiger partial charge in [0.25, 0.3) is 0 Å². The number of aliphatic hydroxyl groups is 1. The van der Waals surface area contributed by atoms with Crippen LogP contribution >= 0.6 is 11.6 Å². The average Bonchev–Trinajstić information content (AvgIpc) is 2.35. The third-order valence-electron chi connectivity index (χ3n) is 3.65. The summed E-state index contributed by atoms with van der Waals surface area (Å²) in [4.78, 5) is 0. The molecule has 100 valence electrons. The first-order valence-corrected chi connectivity index (χ1v) is 6.37. The van der Waals surface area contributed by atoms with Gasteiger partial charge in [0.2, 0.25) is 0 Å². The Morgan fingerprint density at radius 2 is 2.00 bits per heavy atom. The van der Waals surface area contributed by atoms with Crippen molar-refractivity contribution in [1.29, 1.82) is 0 Å². The molecule has 1 saturated carbocycles. The number of rotatable bonds is 2. The van der Waals surface area contributed by atoms with Crippen molar-refractivity contribution in [2.75, 3.05) is 0 Å². The Hall–Kier alpha value is -0.710. The molecule has 0 spiro atoms. The Balaban J connectivity index is 2.24. The average molecular weight is 276 g/mol. The molecule has 0 amide bonds. The summed E-state index contributed by atoms with van der Waals surface area (Å²) in [6.45, 7) is 0. The molecule has 5 heteroatoms. The zero-order valence-electron chi connectivity index (χ0n) is 9.87. The van der Waals surface area contributed by atoms with Crippen LogP contribution in [0.1, 0.15) is 37.3 Å². The monoisotopic (exact) mass is 275 g/mol. The van der Waals surface area contributed by atoms with Gasteiger partial charge in [-0.1, -0.05) is 11.6 Å². The Morgan fingerprint density at radius 3 is 2.61 bits per heavy atom. The van der Waals surface area contributed by atoms with Gasteiger partial charge in [-0.05, 0) is 43.9 Å². The van der Waals surface area contributed by atoms with E-state index in [1.54, 1.807) is 0 Å². The topological polar surface area (TPSA) is 46.2 Å². The fraction of sp³-hybridized carbons (Fsp3) is 0.538. The molecule has 0 radical (unpaired) electrons. The van der Waals surface area contributed by atoms with Crippen LogP contribution in [0, 0.1) is 5.82 Å². The number of halogens is 3.